The first kappa shape index (κ1) is 10.3. The molecule has 1 radical (unpaired) electrons. The van der Waals surface area contributed by atoms with Crippen molar-refractivity contribution >= 4 is 21.9 Å². The summed E-state index contributed by atoms with van der Waals surface area (Å²) in [7, 11) is 0. The van der Waals surface area contributed by atoms with Gasteiger partial charge in [0, 0.05) is 11.6 Å². The van der Waals surface area contributed by atoms with Crippen molar-refractivity contribution in [1.82, 2.24) is 4.98 Å². The summed E-state index contributed by atoms with van der Waals surface area (Å²) in [5.41, 5.74) is 2.55. The fourth-order valence-corrected chi connectivity index (χ4v) is 2.34. The number of para-hydroxylation sites is 1. The minimum atomic E-state index is 0.647. The Balaban J connectivity index is 2.03. The van der Waals surface area contributed by atoms with Crippen molar-refractivity contribution in [1.29, 1.82) is 0 Å². The highest BCUT2D eigenvalue weighted by molar-refractivity contribution is 5.95. The normalized spacial score (nSPS) is 11.2. The molecule has 89 valence electrons. The maximum atomic E-state index is 5.80. The van der Waals surface area contributed by atoms with Crippen molar-refractivity contribution in [2.45, 2.75) is 0 Å². The molecule has 0 aliphatic rings. The molecule has 2 heteroatoms. The Bertz CT molecular complexity index is 838. The fraction of sp³-hybridized carbons (Fsp3) is 0. The Hall–Kier alpha value is -2.61. The molecular weight excluding hydrogens is 234 g/mol. The van der Waals surface area contributed by atoms with E-state index in [1.54, 1.807) is 0 Å². The zero-order valence-electron chi connectivity index (χ0n) is 10.1. The van der Waals surface area contributed by atoms with Gasteiger partial charge in [-0.15, -0.1) is 0 Å². The van der Waals surface area contributed by atoms with E-state index in [9.17, 15) is 0 Å². The van der Waals surface area contributed by atoms with Crippen molar-refractivity contribution in [2.75, 3.05) is 0 Å². The molecule has 0 atom stereocenters. The lowest BCUT2D eigenvalue weighted by molar-refractivity contribution is 0.620. The summed E-state index contributed by atoms with van der Waals surface area (Å²) in [5, 5.41) is 2.34. The third-order valence-electron chi connectivity index (χ3n) is 3.24. The van der Waals surface area contributed by atoms with E-state index < -0.39 is 0 Å². The molecule has 0 aliphatic heterocycles. The van der Waals surface area contributed by atoms with Crippen LogP contribution in [0, 0.1) is 6.07 Å². The van der Waals surface area contributed by atoms with Gasteiger partial charge in [-0.2, -0.15) is 0 Å². The largest absolute Gasteiger partial charge is 0.435 e. The lowest BCUT2D eigenvalue weighted by Crippen LogP contribution is -1.80. The van der Waals surface area contributed by atoms with Crippen molar-refractivity contribution < 1.29 is 4.42 Å². The Morgan fingerprint density at radius 1 is 0.895 bits per heavy atom. The molecule has 0 saturated carbocycles. The van der Waals surface area contributed by atoms with Crippen LogP contribution < -0.4 is 0 Å². The minimum absolute atomic E-state index is 0.647. The second-order valence-corrected chi connectivity index (χ2v) is 4.43. The Morgan fingerprint density at radius 2 is 1.79 bits per heavy atom. The molecule has 4 aromatic rings. The lowest BCUT2D eigenvalue weighted by Gasteiger charge is -2.01. The molecule has 0 fully saturated rings. The molecule has 1 heterocycles. The zero-order chi connectivity index (χ0) is 12.7. The van der Waals surface area contributed by atoms with Crippen molar-refractivity contribution in [3.05, 3.63) is 66.7 Å². The molecule has 3 aromatic carbocycles. The van der Waals surface area contributed by atoms with Crippen LogP contribution in [0.4, 0.5) is 0 Å². The van der Waals surface area contributed by atoms with Crippen LogP contribution in [0.15, 0.2) is 65.1 Å². The maximum Gasteiger partial charge on any atom is 0.227 e. The van der Waals surface area contributed by atoms with Gasteiger partial charge < -0.3 is 4.42 Å². The maximum absolute atomic E-state index is 5.80. The Morgan fingerprint density at radius 3 is 2.74 bits per heavy atom. The summed E-state index contributed by atoms with van der Waals surface area (Å²) in [4.78, 5) is 4.54. The van der Waals surface area contributed by atoms with E-state index >= 15 is 0 Å². The van der Waals surface area contributed by atoms with Gasteiger partial charge >= 0.3 is 0 Å². The third kappa shape index (κ3) is 1.61. The van der Waals surface area contributed by atoms with Crippen LogP contribution in [0.1, 0.15) is 0 Å². The summed E-state index contributed by atoms with van der Waals surface area (Å²) >= 11 is 0. The van der Waals surface area contributed by atoms with Crippen molar-refractivity contribution in [2.24, 2.45) is 0 Å². The molecule has 0 amide bonds. The van der Waals surface area contributed by atoms with Crippen molar-refractivity contribution in [3.63, 3.8) is 0 Å². The fourth-order valence-electron chi connectivity index (χ4n) is 2.34. The van der Waals surface area contributed by atoms with E-state index in [1.807, 2.05) is 42.5 Å². The van der Waals surface area contributed by atoms with E-state index in [1.165, 1.54) is 5.39 Å². The first-order chi connectivity index (χ1) is 9.42. The molecule has 1 aromatic heterocycles. The summed E-state index contributed by atoms with van der Waals surface area (Å²) in [6, 6.07) is 23.1. The molecule has 0 saturated heterocycles. The van der Waals surface area contributed by atoms with Crippen LogP contribution in [0.5, 0.6) is 0 Å². The SMILES string of the molecule is [c]1cccc2nc(-c3cccc4ccccc34)oc12. The number of benzene rings is 3. The first-order valence-electron chi connectivity index (χ1n) is 6.17. The standard InChI is InChI=1S/C17H10NO/c1-2-8-13-12(6-1)7-5-9-14(13)17-18-15-10-3-4-11-16(15)19-17/h1-10H. The molecule has 0 aliphatic carbocycles. The van der Waals surface area contributed by atoms with E-state index in [2.05, 4.69) is 29.2 Å². The quantitative estimate of drug-likeness (QED) is 0.494. The van der Waals surface area contributed by atoms with Crippen LogP contribution in [0.3, 0.4) is 0 Å². The van der Waals surface area contributed by atoms with Gasteiger partial charge in [-0.1, -0.05) is 48.5 Å². The number of fused-ring (bicyclic) bond motifs is 2. The average Bonchev–Trinajstić information content (AvgIpc) is 2.90. The lowest BCUT2D eigenvalue weighted by atomic mass is 10.0. The van der Waals surface area contributed by atoms with Gasteiger partial charge in [0.1, 0.15) is 5.52 Å². The summed E-state index contributed by atoms with van der Waals surface area (Å²) in [6.45, 7) is 0. The summed E-state index contributed by atoms with van der Waals surface area (Å²) < 4.78 is 5.80. The first-order valence-corrected chi connectivity index (χ1v) is 6.17. The predicted octanol–water partition coefficient (Wildman–Crippen LogP) is 4.45. The number of hydrogen-bond acceptors (Lipinski definition) is 2. The Kier molecular flexibility index (Phi) is 2.15. The molecule has 0 spiro atoms. The van der Waals surface area contributed by atoms with Crippen molar-refractivity contribution in [3.8, 4) is 11.5 Å². The van der Waals surface area contributed by atoms with E-state index in [0.717, 1.165) is 16.5 Å². The third-order valence-corrected chi connectivity index (χ3v) is 3.24. The van der Waals surface area contributed by atoms with Gasteiger partial charge in [0.05, 0.1) is 0 Å². The molecular formula is C17H10NO. The second-order valence-electron chi connectivity index (χ2n) is 4.43. The van der Waals surface area contributed by atoms with Crippen LogP contribution in [-0.4, -0.2) is 4.98 Å². The highest BCUT2D eigenvalue weighted by Gasteiger charge is 2.10. The van der Waals surface area contributed by atoms with Gasteiger partial charge in [-0.05, 0) is 22.9 Å². The van der Waals surface area contributed by atoms with E-state index in [0.29, 0.717) is 11.5 Å². The van der Waals surface area contributed by atoms with Gasteiger partial charge in [0.15, 0.2) is 5.58 Å². The highest BCUT2D eigenvalue weighted by Crippen LogP contribution is 2.30. The molecule has 0 N–H and O–H groups in total. The monoisotopic (exact) mass is 244 g/mol. The molecule has 4 rings (SSSR count). The summed E-state index contributed by atoms with van der Waals surface area (Å²) in [5.74, 6) is 0.647. The minimum Gasteiger partial charge on any atom is -0.435 e. The number of nitrogens with zero attached hydrogens (tertiary/aromatic N) is 1. The molecule has 2 nitrogen and oxygen atoms in total. The Labute approximate surface area is 110 Å². The number of oxazole rings is 1. The number of aromatic nitrogens is 1. The number of hydrogen-bond donors (Lipinski definition) is 0. The van der Waals surface area contributed by atoms with E-state index in [4.69, 9.17) is 4.42 Å². The molecule has 0 bridgehead atoms. The zero-order valence-corrected chi connectivity index (χ0v) is 10.1. The average molecular weight is 244 g/mol. The molecule has 19 heavy (non-hydrogen) atoms. The van der Waals surface area contributed by atoms with Crippen LogP contribution in [0.2, 0.25) is 0 Å². The smallest absolute Gasteiger partial charge is 0.227 e. The van der Waals surface area contributed by atoms with Gasteiger partial charge in [0.25, 0.3) is 0 Å². The van der Waals surface area contributed by atoms with Crippen LogP contribution in [0.25, 0.3) is 33.3 Å². The van der Waals surface area contributed by atoms with Gasteiger partial charge in [-0.3, -0.25) is 0 Å². The van der Waals surface area contributed by atoms with E-state index in [-0.39, 0.29) is 0 Å². The molecule has 0 unspecified atom stereocenters. The van der Waals surface area contributed by atoms with Gasteiger partial charge in [0.2, 0.25) is 5.89 Å². The predicted molar refractivity (Wildman–Crippen MR) is 75.8 cm³/mol. The van der Waals surface area contributed by atoms with Crippen LogP contribution >= 0.6 is 0 Å². The summed E-state index contributed by atoms with van der Waals surface area (Å²) in [6.07, 6.45) is 0. The second kappa shape index (κ2) is 3.95. The van der Waals surface area contributed by atoms with Crippen LogP contribution in [-0.2, 0) is 0 Å². The number of rotatable bonds is 1. The highest BCUT2D eigenvalue weighted by atomic mass is 16.3. The topological polar surface area (TPSA) is 26.0 Å². The van der Waals surface area contributed by atoms with Gasteiger partial charge in [-0.25, -0.2) is 4.98 Å².